The molecular weight excluding hydrogens is 225 g/mol. The third-order valence-corrected chi connectivity index (χ3v) is 2.84. The highest BCUT2D eigenvalue weighted by atomic mass is 35.5. The third kappa shape index (κ3) is 3.62. The second-order valence-electron chi connectivity index (χ2n) is 3.84. The van der Waals surface area contributed by atoms with Crippen LogP contribution in [0.25, 0.3) is 6.08 Å². The molecule has 0 spiro atoms. The van der Waals surface area contributed by atoms with E-state index < -0.39 is 0 Å². The van der Waals surface area contributed by atoms with Gasteiger partial charge in [0.1, 0.15) is 5.82 Å². The molecule has 0 fully saturated rings. The molecule has 0 aliphatic rings. The summed E-state index contributed by atoms with van der Waals surface area (Å²) in [7, 11) is 0. The van der Waals surface area contributed by atoms with Crippen molar-refractivity contribution in [3.63, 3.8) is 0 Å². The number of rotatable bonds is 4. The average Bonchev–Trinajstić information content (AvgIpc) is 2.24. The molecule has 1 rings (SSSR count). The van der Waals surface area contributed by atoms with Gasteiger partial charge in [-0.1, -0.05) is 36.2 Å². The highest BCUT2D eigenvalue weighted by Crippen LogP contribution is 2.18. The maximum Gasteiger partial charge on any atom is 0.142 e. The van der Waals surface area contributed by atoms with Crippen molar-refractivity contribution in [2.75, 3.05) is 6.54 Å². The zero-order chi connectivity index (χ0) is 12.1. The molecule has 0 bridgehead atoms. The van der Waals surface area contributed by atoms with Gasteiger partial charge < -0.3 is 5.32 Å². The van der Waals surface area contributed by atoms with Crippen LogP contribution in [0, 0.1) is 5.82 Å². The summed E-state index contributed by atoms with van der Waals surface area (Å²) in [6.07, 6.45) is 1.97. The highest BCUT2D eigenvalue weighted by molar-refractivity contribution is 6.30. The number of benzene rings is 1. The molecule has 0 saturated heterocycles. The molecule has 0 aliphatic carbocycles. The minimum Gasteiger partial charge on any atom is -0.311 e. The molecule has 1 aromatic rings. The molecule has 0 saturated carbocycles. The first-order valence-electron chi connectivity index (χ1n) is 5.41. The number of hydrogen-bond acceptors (Lipinski definition) is 1. The first-order chi connectivity index (χ1) is 7.54. The Balaban J connectivity index is 2.85. The standard InChI is InChI=1S/C13H17ClFN/c1-4-16-10(3)9(2)7-11-5-6-12(14)13(15)8-11/h5-8,10,16H,4H2,1-3H3/b9-7+. The molecule has 16 heavy (non-hydrogen) atoms. The van der Waals surface area contributed by atoms with Gasteiger partial charge in [-0.15, -0.1) is 0 Å². The van der Waals surface area contributed by atoms with E-state index in [4.69, 9.17) is 11.6 Å². The number of hydrogen-bond donors (Lipinski definition) is 1. The third-order valence-electron chi connectivity index (χ3n) is 2.53. The number of halogens is 2. The van der Waals surface area contributed by atoms with Crippen LogP contribution in [0.5, 0.6) is 0 Å². The van der Waals surface area contributed by atoms with Gasteiger partial charge in [-0.2, -0.15) is 0 Å². The molecule has 1 aromatic carbocycles. The first-order valence-corrected chi connectivity index (χ1v) is 5.79. The van der Waals surface area contributed by atoms with Gasteiger partial charge in [0.2, 0.25) is 0 Å². The Hall–Kier alpha value is -0.860. The molecule has 1 N–H and O–H groups in total. The molecule has 1 unspecified atom stereocenters. The van der Waals surface area contributed by atoms with Gasteiger partial charge in [0.05, 0.1) is 5.02 Å². The normalized spacial score (nSPS) is 13.9. The summed E-state index contributed by atoms with van der Waals surface area (Å²) < 4.78 is 13.2. The zero-order valence-electron chi connectivity index (χ0n) is 9.85. The van der Waals surface area contributed by atoms with E-state index in [9.17, 15) is 4.39 Å². The molecule has 1 nitrogen and oxygen atoms in total. The van der Waals surface area contributed by atoms with Gasteiger partial charge in [-0.25, -0.2) is 4.39 Å². The summed E-state index contributed by atoms with van der Waals surface area (Å²) in [5.41, 5.74) is 2.01. The summed E-state index contributed by atoms with van der Waals surface area (Å²) in [5.74, 6) is -0.376. The van der Waals surface area contributed by atoms with E-state index in [-0.39, 0.29) is 10.8 Å². The van der Waals surface area contributed by atoms with E-state index in [2.05, 4.69) is 19.2 Å². The van der Waals surface area contributed by atoms with Crippen LogP contribution in [0.1, 0.15) is 26.3 Å². The van der Waals surface area contributed by atoms with Crippen molar-refractivity contribution >= 4 is 17.7 Å². The Labute approximate surface area is 101 Å². The zero-order valence-corrected chi connectivity index (χ0v) is 10.6. The van der Waals surface area contributed by atoms with E-state index in [0.29, 0.717) is 6.04 Å². The molecule has 0 heterocycles. The fourth-order valence-corrected chi connectivity index (χ4v) is 1.57. The Morgan fingerprint density at radius 1 is 1.56 bits per heavy atom. The lowest BCUT2D eigenvalue weighted by molar-refractivity contribution is 0.627. The smallest absolute Gasteiger partial charge is 0.142 e. The van der Waals surface area contributed by atoms with Crippen LogP contribution in [-0.2, 0) is 0 Å². The largest absolute Gasteiger partial charge is 0.311 e. The van der Waals surface area contributed by atoms with Crippen molar-refractivity contribution in [3.8, 4) is 0 Å². The second-order valence-corrected chi connectivity index (χ2v) is 4.25. The monoisotopic (exact) mass is 241 g/mol. The Kier molecular flexibility index (Phi) is 4.97. The molecule has 0 radical (unpaired) electrons. The SMILES string of the molecule is CCNC(C)/C(C)=C/c1ccc(Cl)c(F)c1. The van der Waals surface area contributed by atoms with Crippen LogP contribution in [-0.4, -0.2) is 12.6 Å². The summed E-state index contributed by atoms with van der Waals surface area (Å²) in [6, 6.07) is 5.13. The van der Waals surface area contributed by atoms with Crippen molar-refractivity contribution in [1.82, 2.24) is 5.32 Å². The predicted octanol–water partition coefficient (Wildman–Crippen LogP) is 3.88. The summed E-state index contributed by atoms with van der Waals surface area (Å²) in [5, 5.41) is 3.46. The molecule has 1 atom stereocenters. The fourth-order valence-electron chi connectivity index (χ4n) is 1.46. The van der Waals surface area contributed by atoms with Gasteiger partial charge in [0.25, 0.3) is 0 Å². The molecule has 88 valence electrons. The quantitative estimate of drug-likeness (QED) is 0.844. The number of likely N-dealkylation sites (N-methyl/N-ethyl adjacent to an activating group) is 1. The van der Waals surface area contributed by atoms with Crippen LogP contribution in [0.15, 0.2) is 23.8 Å². The molecule has 0 aromatic heterocycles. The van der Waals surface area contributed by atoms with Gasteiger partial charge in [0, 0.05) is 6.04 Å². The summed E-state index contributed by atoms with van der Waals surface area (Å²) in [6.45, 7) is 7.09. The predicted molar refractivity (Wildman–Crippen MR) is 68.2 cm³/mol. The van der Waals surface area contributed by atoms with Crippen molar-refractivity contribution in [3.05, 3.63) is 40.2 Å². The second kappa shape index (κ2) is 6.02. The molecular formula is C13H17ClFN. The maximum atomic E-state index is 13.2. The molecule has 0 amide bonds. The van der Waals surface area contributed by atoms with Crippen LogP contribution >= 0.6 is 11.6 Å². The molecule has 3 heteroatoms. The van der Waals surface area contributed by atoms with Crippen molar-refractivity contribution in [1.29, 1.82) is 0 Å². The van der Waals surface area contributed by atoms with Gasteiger partial charge in [-0.05, 0) is 38.1 Å². The Bertz CT molecular complexity index is 388. The topological polar surface area (TPSA) is 12.0 Å². The van der Waals surface area contributed by atoms with E-state index in [1.807, 2.05) is 19.1 Å². The van der Waals surface area contributed by atoms with Crippen molar-refractivity contribution in [2.24, 2.45) is 0 Å². The van der Waals surface area contributed by atoms with E-state index in [0.717, 1.165) is 12.1 Å². The van der Waals surface area contributed by atoms with Crippen molar-refractivity contribution in [2.45, 2.75) is 26.8 Å². The summed E-state index contributed by atoms with van der Waals surface area (Å²) in [4.78, 5) is 0. The van der Waals surface area contributed by atoms with Gasteiger partial charge in [0.15, 0.2) is 0 Å². The van der Waals surface area contributed by atoms with Crippen LogP contribution in [0.4, 0.5) is 4.39 Å². The van der Waals surface area contributed by atoms with E-state index >= 15 is 0 Å². The first kappa shape index (κ1) is 13.2. The number of nitrogens with one attached hydrogen (secondary N) is 1. The van der Waals surface area contributed by atoms with Gasteiger partial charge in [-0.3, -0.25) is 0 Å². The van der Waals surface area contributed by atoms with Gasteiger partial charge >= 0.3 is 0 Å². The molecule has 0 aliphatic heterocycles. The van der Waals surface area contributed by atoms with E-state index in [1.54, 1.807) is 6.07 Å². The highest BCUT2D eigenvalue weighted by Gasteiger charge is 2.03. The van der Waals surface area contributed by atoms with Crippen LogP contribution in [0.3, 0.4) is 0 Å². The Morgan fingerprint density at radius 3 is 2.81 bits per heavy atom. The van der Waals surface area contributed by atoms with Crippen LogP contribution < -0.4 is 5.32 Å². The minimum absolute atomic E-state index is 0.162. The lowest BCUT2D eigenvalue weighted by Gasteiger charge is -2.13. The van der Waals surface area contributed by atoms with Crippen molar-refractivity contribution < 1.29 is 4.39 Å². The summed E-state index contributed by atoms with van der Waals surface area (Å²) >= 11 is 5.62. The Morgan fingerprint density at radius 2 is 2.25 bits per heavy atom. The lowest BCUT2D eigenvalue weighted by atomic mass is 10.1. The maximum absolute atomic E-state index is 13.2. The van der Waals surface area contributed by atoms with Crippen LogP contribution in [0.2, 0.25) is 5.02 Å². The van der Waals surface area contributed by atoms with E-state index in [1.165, 1.54) is 11.6 Å². The fraction of sp³-hybridized carbons (Fsp3) is 0.385. The average molecular weight is 242 g/mol. The lowest BCUT2D eigenvalue weighted by Crippen LogP contribution is -2.26. The minimum atomic E-state index is -0.376.